The molecule has 0 spiro atoms. The summed E-state index contributed by atoms with van der Waals surface area (Å²) in [6.07, 6.45) is 0. The molecule has 0 amide bonds. The number of tetrazole rings is 1. The summed E-state index contributed by atoms with van der Waals surface area (Å²) in [5.74, 6) is 1.42. The molecule has 0 fully saturated rings. The van der Waals surface area contributed by atoms with Crippen molar-refractivity contribution >= 4 is 23.4 Å². The molecule has 7 nitrogen and oxygen atoms in total. The van der Waals surface area contributed by atoms with E-state index >= 15 is 0 Å². The Hall–Kier alpha value is -2.71. The monoisotopic (exact) mass is 384 g/mol. The number of hydrogen-bond acceptors (Lipinski definition) is 7. The Bertz CT molecular complexity index is 1030. The Kier molecular flexibility index (Phi) is 4.68. The third-order valence-electron chi connectivity index (χ3n) is 3.57. The molecule has 4 aromatic rings. The van der Waals surface area contributed by atoms with Gasteiger partial charge in [0.1, 0.15) is 0 Å². The lowest BCUT2D eigenvalue weighted by Gasteiger charge is -2.03. The van der Waals surface area contributed by atoms with Crippen LogP contribution in [0.4, 0.5) is 0 Å². The lowest BCUT2D eigenvalue weighted by atomic mass is 10.2. The lowest BCUT2D eigenvalue weighted by Crippen LogP contribution is -1.99. The predicted molar refractivity (Wildman–Crippen MR) is 98.2 cm³/mol. The lowest BCUT2D eigenvalue weighted by molar-refractivity contribution is 0.528. The van der Waals surface area contributed by atoms with Crippen LogP contribution >= 0.6 is 23.4 Å². The summed E-state index contributed by atoms with van der Waals surface area (Å²) in [5, 5.41) is 21.4. The normalized spacial score (nSPS) is 11.0. The Balaban J connectivity index is 1.49. The molecule has 0 unspecified atom stereocenters. The first-order valence-electron chi connectivity index (χ1n) is 7.75. The van der Waals surface area contributed by atoms with E-state index in [1.165, 1.54) is 11.8 Å². The van der Waals surface area contributed by atoms with Gasteiger partial charge in [-0.15, -0.1) is 15.3 Å². The number of halogens is 1. The van der Waals surface area contributed by atoms with Gasteiger partial charge in [0.05, 0.1) is 11.4 Å². The summed E-state index contributed by atoms with van der Waals surface area (Å²) in [6.45, 7) is 2.03. The number of rotatable bonds is 5. The zero-order chi connectivity index (χ0) is 17.9. The van der Waals surface area contributed by atoms with Crippen molar-refractivity contribution < 1.29 is 4.42 Å². The van der Waals surface area contributed by atoms with Crippen LogP contribution < -0.4 is 0 Å². The molecule has 2 aromatic heterocycles. The SMILES string of the molecule is Cc1cccc(-n2nnnc2SCc2nnc(-c3ccc(Cl)cc3)o2)c1. The highest BCUT2D eigenvalue weighted by atomic mass is 35.5. The van der Waals surface area contributed by atoms with Crippen molar-refractivity contribution in [1.82, 2.24) is 30.4 Å². The van der Waals surface area contributed by atoms with E-state index in [-0.39, 0.29) is 0 Å². The van der Waals surface area contributed by atoms with Gasteiger partial charge in [0.2, 0.25) is 16.9 Å². The van der Waals surface area contributed by atoms with Gasteiger partial charge in [-0.25, -0.2) is 0 Å². The van der Waals surface area contributed by atoms with Gasteiger partial charge in [0.25, 0.3) is 0 Å². The smallest absolute Gasteiger partial charge is 0.247 e. The Morgan fingerprint density at radius 3 is 2.73 bits per heavy atom. The first kappa shape index (κ1) is 16.7. The van der Waals surface area contributed by atoms with Gasteiger partial charge in [0.15, 0.2) is 0 Å². The van der Waals surface area contributed by atoms with Gasteiger partial charge in [-0.05, 0) is 59.3 Å². The van der Waals surface area contributed by atoms with Crippen molar-refractivity contribution in [1.29, 1.82) is 0 Å². The van der Waals surface area contributed by atoms with Crippen LogP contribution in [-0.2, 0) is 5.75 Å². The molecule has 0 aliphatic carbocycles. The minimum absolute atomic E-state index is 0.454. The average molecular weight is 385 g/mol. The van der Waals surface area contributed by atoms with E-state index in [0.29, 0.717) is 27.7 Å². The second-order valence-electron chi connectivity index (χ2n) is 5.51. The van der Waals surface area contributed by atoms with E-state index in [1.807, 2.05) is 43.3 Å². The van der Waals surface area contributed by atoms with Gasteiger partial charge in [-0.3, -0.25) is 0 Å². The summed E-state index contributed by atoms with van der Waals surface area (Å²) in [6, 6.07) is 15.2. The molecule has 9 heteroatoms. The maximum absolute atomic E-state index is 5.90. The molecular weight excluding hydrogens is 372 g/mol. The summed E-state index contributed by atoms with van der Waals surface area (Å²) in [4.78, 5) is 0. The van der Waals surface area contributed by atoms with E-state index in [1.54, 1.807) is 16.8 Å². The highest BCUT2D eigenvalue weighted by Gasteiger charge is 2.13. The van der Waals surface area contributed by atoms with Crippen LogP contribution in [0.15, 0.2) is 58.1 Å². The molecule has 4 rings (SSSR count). The summed E-state index contributed by atoms with van der Waals surface area (Å²) in [7, 11) is 0. The third-order valence-corrected chi connectivity index (χ3v) is 4.73. The number of benzene rings is 2. The number of aryl methyl sites for hydroxylation is 1. The molecule has 26 heavy (non-hydrogen) atoms. The van der Waals surface area contributed by atoms with Gasteiger partial charge < -0.3 is 4.42 Å². The minimum atomic E-state index is 0.454. The molecule has 0 saturated heterocycles. The van der Waals surface area contributed by atoms with Crippen LogP contribution in [-0.4, -0.2) is 30.4 Å². The zero-order valence-electron chi connectivity index (χ0n) is 13.7. The van der Waals surface area contributed by atoms with E-state index < -0.39 is 0 Å². The zero-order valence-corrected chi connectivity index (χ0v) is 15.3. The van der Waals surface area contributed by atoms with Gasteiger partial charge >= 0.3 is 0 Å². The van der Waals surface area contributed by atoms with Crippen molar-refractivity contribution in [2.45, 2.75) is 17.8 Å². The summed E-state index contributed by atoms with van der Waals surface area (Å²) >= 11 is 7.32. The second kappa shape index (κ2) is 7.27. The minimum Gasteiger partial charge on any atom is -0.420 e. The van der Waals surface area contributed by atoms with Crippen LogP contribution in [0.1, 0.15) is 11.5 Å². The fourth-order valence-electron chi connectivity index (χ4n) is 2.34. The van der Waals surface area contributed by atoms with Crippen molar-refractivity contribution in [2.24, 2.45) is 0 Å². The quantitative estimate of drug-likeness (QED) is 0.481. The molecule has 0 N–H and O–H groups in total. The van der Waals surface area contributed by atoms with Crippen LogP contribution in [0, 0.1) is 6.92 Å². The Labute approximate surface area is 158 Å². The third kappa shape index (κ3) is 3.61. The maximum atomic E-state index is 5.90. The predicted octanol–water partition coefficient (Wildman–Crippen LogP) is 3.97. The largest absolute Gasteiger partial charge is 0.420 e. The molecule has 0 saturated carbocycles. The molecule has 0 aliphatic heterocycles. The van der Waals surface area contributed by atoms with Gasteiger partial charge in [0, 0.05) is 10.6 Å². The second-order valence-corrected chi connectivity index (χ2v) is 6.89. The summed E-state index contributed by atoms with van der Waals surface area (Å²) in [5.41, 5.74) is 2.87. The molecule has 0 radical (unpaired) electrons. The van der Waals surface area contributed by atoms with Crippen molar-refractivity contribution in [3.63, 3.8) is 0 Å². The average Bonchev–Trinajstić information content (AvgIpc) is 3.30. The van der Waals surface area contributed by atoms with Crippen molar-refractivity contribution in [3.8, 4) is 17.1 Å². The molecule has 0 atom stereocenters. The standard InChI is InChI=1S/C17H13ClN6OS/c1-11-3-2-4-14(9-11)24-17(21-22-23-24)26-10-15-19-20-16(25-15)12-5-7-13(18)8-6-12/h2-9H,10H2,1H3. The molecule has 0 bridgehead atoms. The van der Waals surface area contributed by atoms with E-state index in [4.69, 9.17) is 16.0 Å². The molecule has 2 aromatic carbocycles. The van der Waals surface area contributed by atoms with E-state index in [9.17, 15) is 0 Å². The van der Waals surface area contributed by atoms with Gasteiger partial charge in [-0.2, -0.15) is 4.68 Å². The Morgan fingerprint density at radius 1 is 1.08 bits per heavy atom. The van der Waals surface area contributed by atoms with Crippen molar-refractivity contribution in [2.75, 3.05) is 0 Å². The number of hydrogen-bond donors (Lipinski definition) is 0. The summed E-state index contributed by atoms with van der Waals surface area (Å²) < 4.78 is 7.40. The highest BCUT2D eigenvalue weighted by molar-refractivity contribution is 7.98. The number of aromatic nitrogens is 6. The van der Waals surface area contributed by atoms with Crippen LogP contribution in [0.2, 0.25) is 5.02 Å². The van der Waals surface area contributed by atoms with E-state index in [0.717, 1.165) is 16.8 Å². The molecular formula is C17H13ClN6OS. The number of nitrogens with zero attached hydrogens (tertiary/aromatic N) is 6. The molecule has 2 heterocycles. The van der Waals surface area contributed by atoms with Crippen LogP contribution in [0.3, 0.4) is 0 Å². The van der Waals surface area contributed by atoms with E-state index in [2.05, 4.69) is 25.7 Å². The first-order valence-corrected chi connectivity index (χ1v) is 9.12. The highest BCUT2D eigenvalue weighted by Crippen LogP contribution is 2.25. The Morgan fingerprint density at radius 2 is 1.92 bits per heavy atom. The molecule has 0 aliphatic rings. The maximum Gasteiger partial charge on any atom is 0.247 e. The first-order chi connectivity index (χ1) is 12.7. The topological polar surface area (TPSA) is 82.5 Å². The van der Waals surface area contributed by atoms with Crippen LogP contribution in [0.25, 0.3) is 17.1 Å². The fourth-order valence-corrected chi connectivity index (χ4v) is 3.19. The van der Waals surface area contributed by atoms with Crippen molar-refractivity contribution in [3.05, 3.63) is 65.0 Å². The fraction of sp³-hybridized carbons (Fsp3) is 0.118. The molecule has 130 valence electrons. The number of thioether (sulfide) groups is 1. The van der Waals surface area contributed by atoms with Gasteiger partial charge in [-0.1, -0.05) is 35.5 Å². The van der Waals surface area contributed by atoms with Crippen LogP contribution in [0.5, 0.6) is 0 Å².